The molecule has 0 spiro atoms. The number of nitrogens with zero attached hydrogens (tertiary/aromatic N) is 1. The first-order chi connectivity index (χ1) is 9.52. The smallest absolute Gasteiger partial charge is 0.227 e. The Labute approximate surface area is 116 Å². The standard InChI is InChI=1S/C14H17F2NO3/c1-9-8-20-11(7-18)6-17(9)13(19)5-10-3-2-4-12(15)14(10)16/h2-4,9,11,18H,5-8H2,1H3. The van der Waals surface area contributed by atoms with Gasteiger partial charge in [-0.15, -0.1) is 0 Å². The van der Waals surface area contributed by atoms with Gasteiger partial charge in [-0.3, -0.25) is 4.79 Å². The van der Waals surface area contributed by atoms with Gasteiger partial charge in [-0.1, -0.05) is 12.1 Å². The van der Waals surface area contributed by atoms with Crippen molar-refractivity contribution < 1.29 is 23.4 Å². The highest BCUT2D eigenvalue weighted by molar-refractivity contribution is 5.79. The number of benzene rings is 1. The van der Waals surface area contributed by atoms with Gasteiger partial charge in [0.05, 0.1) is 31.8 Å². The van der Waals surface area contributed by atoms with Crippen LogP contribution >= 0.6 is 0 Å². The number of carbonyl (C=O) groups excluding carboxylic acids is 1. The van der Waals surface area contributed by atoms with E-state index in [1.54, 1.807) is 0 Å². The molecule has 1 amide bonds. The van der Waals surface area contributed by atoms with Crippen molar-refractivity contribution in [1.29, 1.82) is 0 Å². The van der Waals surface area contributed by atoms with Crippen LogP contribution in [0.5, 0.6) is 0 Å². The Morgan fingerprint density at radius 2 is 2.25 bits per heavy atom. The topological polar surface area (TPSA) is 49.8 Å². The summed E-state index contributed by atoms with van der Waals surface area (Å²) in [6, 6.07) is 3.63. The molecule has 1 saturated heterocycles. The van der Waals surface area contributed by atoms with Crippen molar-refractivity contribution in [2.24, 2.45) is 0 Å². The zero-order chi connectivity index (χ0) is 14.7. The lowest BCUT2D eigenvalue weighted by molar-refractivity contribution is -0.145. The molecule has 2 atom stereocenters. The van der Waals surface area contributed by atoms with Gasteiger partial charge >= 0.3 is 0 Å². The molecule has 2 unspecified atom stereocenters. The third kappa shape index (κ3) is 3.13. The van der Waals surface area contributed by atoms with Crippen LogP contribution in [-0.4, -0.2) is 47.8 Å². The van der Waals surface area contributed by atoms with Crippen molar-refractivity contribution in [2.75, 3.05) is 19.8 Å². The minimum absolute atomic E-state index is 0.0363. The van der Waals surface area contributed by atoms with Crippen LogP contribution in [0.4, 0.5) is 8.78 Å². The van der Waals surface area contributed by atoms with Crippen molar-refractivity contribution in [3.8, 4) is 0 Å². The van der Waals surface area contributed by atoms with Gasteiger partial charge in [-0.2, -0.15) is 0 Å². The summed E-state index contributed by atoms with van der Waals surface area (Å²) in [5.74, 6) is -2.25. The number of morpholine rings is 1. The molecule has 2 rings (SSSR count). The van der Waals surface area contributed by atoms with Crippen LogP contribution in [0, 0.1) is 11.6 Å². The highest BCUT2D eigenvalue weighted by Crippen LogP contribution is 2.16. The van der Waals surface area contributed by atoms with Gasteiger partial charge in [-0.05, 0) is 13.0 Å². The maximum atomic E-state index is 13.6. The first-order valence-corrected chi connectivity index (χ1v) is 6.47. The van der Waals surface area contributed by atoms with Crippen molar-refractivity contribution in [3.05, 3.63) is 35.4 Å². The number of hydrogen-bond donors (Lipinski definition) is 1. The summed E-state index contributed by atoms with van der Waals surface area (Å²) in [6.45, 7) is 2.22. The minimum Gasteiger partial charge on any atom is -0.394 e. The zero-order valence-electron chi connectivity index (χ0n) is 11.2. The van der Waals surface area contributed by atoms with Crippen LogP contribution in [0.15, 0.2) is 18.2 Å². The van der Waals surface area contributed by atoms with Gasteiger partial charge in [-0.25, -0.2) is 8.78 Å². The molecular weight excluding hydrogens is 268 g/mol. The summed E-state index contributed by atoms with van der Waals surface area (Å²) in [5.41, 5.74) is 0.0363. The van der Waals surface area contributed by atoms with Crippen LogP contribution in [-0.2, 0) is 16.0 Å². The van der Waals surface area contributed by atoms with Crippen LogP contribution < -0.4 is 0 Å². The lowest BCUT2D eigenvalue weighted by Gasteiger charge is -2.37. The van der Waals surface area contributed by atoms with Crippen LogP contribution in [0.1, 0.15) is 12.5 Å². The largest absolute Gasteiger partial charge is 0.394 e. The Morgan fingerprint density at radius 3 is 2.95 bits per heavy atom. The van der Waals surface area contributed by atoms with E-state index in [0.29, 0.717) is 6.61 Å². The average Bonchev–Trinajstić information content (AvgIpc) is 2.44. The van der Waals surface area contributed by atoms with E-state index < -0.39 is 17.7 Å². The van der Waals surface area contributed by atoms with Gasteiger partial charge in [0.1, 0.15) is 0 Å². The van der Waals surface area contributed by atoms with E-state index in [2.05, 4.69) is 0 Å². The van der Waals surface area contributed by atoms with Gasteiger partial charge in [0.2, 0.25) is 5.91 Å². The van der Waals surface area contributed by atoms with E-state index >= 15 is 0 Å². The van der Waals surface area contributed by atoms with E-state index in [4.69, 9.17) is 9.84 Å². The van der Waals surface area contributed by atoms with Gasteiger partial charge in [0.15, 0.2) is 11.6 Å². The molecule has 20 heavy (non-hydrogen) atoms. The van der Waals surface area contributed by atoms with Gasteiger partial charge in [0, 0.05) is 12.1 Å². The lowest BCUT2D eigenvalue weighted by Crippen LogP contribution is -2.52. The van der Waals surface area contributed by atoms with Crippen molar-refractivity contribution in [3.63, 3.8) is 0 Å². The molecule has 1 aromatic carbocycles. The van der Waals surface area contributed by atoms with Crippen molar-refractivity contribution in [1.82, 2.24) is 4.90 Å². The van der Waals surface area contributed by atoms with Crippen LogP contribution in [0.3, 0.4) is 0 Å². The van der Waals surface area contributed by atoms with Crippen molar-refractivity contribution in [2.45, 2.75) is 25.5 Å². The summed E-state index contributed by atoms with van der Waals surface area (Å²) >= 11 is 0. The SMILES string of the molecule is CC1COC(CO)CN1C(=O)Cc1cccc(F)c1F. The third-order valence-corrected chi connectivity index (χ3v) is 3.40. The molecule has 1 heterocycles. The molecule has 0 aliphatic carbocycles. The number of hydrogen-bond acceptors (Lipinski definition) is 3. The molecule has 0 radical (unpaired) electrons. The molecule has 1 aromatic rings. The molecule has 1 aliphatic heterocycles. The molecule has 6 heteroatoms. The first kappa shape index (κ1) is 14.9. The van der Waals surface area contributed by atoms with Crippen molar-refractivity contribution >= 4 is 5.91 Å². The predicted molar refractivity (Wildman–Crippen MR) is 68.1 cm³/mol. The Hall–Kier alpha value is -1.53. The summed E-state index contributed by atoms with van der Waals surface area (Å²) in [6.07, 6.45) is -0.626. The quantitative estimate of drug-likeness (QED) is 0.905. The monoisotopic (exact) mass is 285 g/mol. The molecule has 0 saturated carbocycles. The second-order valence-electron chi connectivity index (χ2n) is 4.92. The second-order valence-corrected chi connectivity index (χ2v) is 4.92. The molecule has 110 valence electrons. The number of amides is 1. The van der Waals surface area contributed by atoms with Gasteiger partial charge in [0.25, 0.3) is 0 Å². The fraction of sp³-hybridized carbons (Fsp3) is 0.500. The summed E-state index contributed by atoms with van der Waals surface area (Å²) in [7, 11) is 0. The highest BCUT2D eigenvalue weighted by atomic mass is 19.2. The first-order valence-electron chi connectivity index (χ1n) is 6.47. The highest BCUT2D eigenvalue weighted by Gasteiger charge is 2.29. The third-order valence-electron chi connectivity index (χ3n) is 3.40. The number of rotatable bonds is 3. The Bertz CT molecular complexity index is 495. The van der Waals surface area contributed by atoms with E-state index in [1.165, 1.54) is 17.0 Å². The average molecular weight is 285 g/mol. The number of halogens is 2. The summed E-state index contributed by atoms with van der Waals surface area (Å²) in [5, 5.41) is 9.07. The fourth-order valence-corrected chi connectivity index (χ4v) is 2.22. The maximum Gasteiger partial charge on any atom is 0.227 e. The Kier molecular flexibility index (Phi) is 4.67. The normalized spacial score (nSPS) is 22.9. The number of carbonyl (C=O) groups is 1. The molecule has 4 nitrogen and oxygen atoms in total. The number of aliphatic hydroxyl groups excluding tert-OH is 1. The van der Waals surface area contributed by atoms with E-state index in [9.17, 15) is 13.6 Å². The predicted octanol–water partition coefficient (Wildman–Crippen LogP) is 1.12. The van der Waals surface area contributed by atoms with E-state index in [0.717, 1.165) is 6.07 Å². The lowest BCUT2D eigenvalue weighted by atomic mass is 10.1. The molecule has 0 bridgehead atoms. The molecule has 1 fully saturated rings. The summed E-state index contributed by atoms with van der Waals surface area (Å²) in [4.78, 5) is 13.7. The molecule has 1 aliphatic rings. The fourth-order valence-electron chi connectivity index (χ4n) is 2.22. The Balaban J connectivity index is 2.09. The number of aliphatic hydroxyl groups is 1. The maximum absolute atomic E-state index is 13.6. The number of ether oxygens (including phenoxy) is 1. The van der Waals surface area contributed by atoms with E-state index in [1.807, 2.05) is 6.92 Å². The summed E-state index contributed by atoms with van der Waals surface area (Å²) < 4.78 is 32.0. The van der Waals surface area contributed by atoms with Crippen LogP contribution in [0.2, 0.25) is 0 Å². The molecule has 1 N–H and O–H groups in total. The van der Waals surface area contributed by atoms with Crippen LogP contribution in [0.25, 0.3) is 0 Å². The second kappa shape index (κ2) is 6.28. The molecular formula is C14H17F2NO3. The molecule has 0 aromatic heterocycles. The van der Waals surface area contributed by atoms with Gasteiger partial charge < -0.3 is 14.7 Å². The minimum atomic E-state index is -0.986. The zero-order valence-corrected chi connectivity index (χ0v) is 11.2. The Morgan fingerprint density at radius 1 is 1.50 bits per heavy atom. The van der Waals surface area contributed by atoms with E-state index in [-0.39, 0.29) is 37.1 Å².